The number of halogens is 2. The maximum Gasteiger partial charge on any atom is 0.178 e. The molecule has 0 saturated heterocycles. The zero-order valence-corrected chi connectivity index (χ0v) is 17.2. The van der Waals surface area contributed by atoms with E-state index in [9.17, 15) is 4.79 Å². The van der Waals surface area contributed by atoms with E-state index in [4.69, 9.17) is 23.2 Å². The van der Waals surface area contributed by atoms with Crippen LogP contribution in [0.4, 0.5) is 0 Å². The predicted octanol–water partition coefficient (Wildman–Crippen LogP) is 5.66. The molecule has 0 aliphatic rings. The summed E-state index contributed by atoms with van der Waals surface area (Å²) in [6, 6.07) is 14.8. The third kappa shape index (κ3) is 4.59. The molecular weight excluding hydrogens is 419 g/mol. The fourth-order valence-corrected chi connectivity index (χ4v) is 3.30. The number of hydrogen-bond donors (Lipinski definition) is 0. The lowest BCUT2D eigenvalue weighted by Crippen LogP contribution is -1.97. The molecule has 7 heteroatoms. The van der Waals surface area contributed by atoms with Crippen LogP contribution in [0.25, 0.3) is 23.5 Å². The monoisotopic (exact) mass is 434 g/mol. The molecule has 4 rings (SSSR count). The van der Waals surface area contributed by atoms with Crippen molar-refractivity contribution in [2.75, 3.05) is 0 Å². The zero-order chi connectivity index (χ0) is 20.9. The number of imidazole rings is 2. The van der Waals surface area contributed by atoms with Gasteiger partial charge in [-0.1, -0.05) is 35.3 Å². The second-order valence-corrected chi connectivity index (χ2v) is 7.21. The minimum Gasteiger partial charge on any atom is -0.300 e. The average molecular weight is 435 g/mol. The Morgan fingerprint density at radius 3 is 1.67 bits per heavy atom. The second-order valence-electron chi connectivity index (χ2n) is 6.34. The van der Waals surface area contributed by atoms with Crippen molar-refractivity contribution in [2.24, 2.45) is 0 Å². The molecule has 0 amide bonds. The van der Waals surface area contributed by atoms with Crippen molar-refractivity contribution in [2.45, 2.75) is 0 Å². The van der Waals surface area contributed by atoms with Crippen LogP contribution in [0.3, 0.4) is 0 Å². The van der Waals surface area contributed by atoms with Crippen molar-refractivity contribution in [3.05, 3.63) is 107 Å². The van der Waals surface area contributed by atoms with E-state index in [2.05, 4.69) is 9.97 Å². The first-order chi connectivity index (χ1) is 14.6. The highest BCUT2D eigenvalue weighted by Gasteiger charge is 2.05. The van der Waals surface area contributed by atoms with Crippen molar-refractivity contribution < 1.29 is 4.79 Å². The number of rotatable bonds is 6. The molecule has 148 valence electrons. The van der Waals surface area contributed by atoms with Gasteiger partial charge in [-0.05, 0) is 60.7 Å². The van der Waals surface area contributed by atoms with Gasteiger partial charge < -0.3 is 9.13 Å². The minimum atomic E-state index is -0.184. The van der Waals surface area contributed by atoms with Gasteiger partial charge in [-0.25, -0.2) is 9.97 Å². The summed E-state index contributed by atoms with van der Waals surface area (Å²) in [4.78, 5) is 20.9. The first-order valence-electron chi connectivity index (χ1n) is 9.09. The molecule has 0 aliphatic heterocycles. The van der Waals surface area contributed by atoms with Gasteiger partial charge >= 0.3 is 0 Å². The third-order valence-electron chi connectivity index (χ3n) is 4.30. The highest BCUT2D eigenvalue weighted by atomic mass is 35.5. The number of benzene rings is 2. The van der Waals surface area contributed by atoms with E-state index in [1.54, 1.807) is 36.7 Å². The molecule has 0 bridgehead atoms. The van der Waals surface area contributed by atoms with Crippen LogP contribution in [0, 0.1) is 0 Å². The van der Waals surface area contributed by atoms with Gasteiger partial charge in [0.2, 0.25) is 0 Å². The van der Waals surface area contributed by atoms with Crippen molar-refractivity contribution in [3.8, 4) is 11.4 Å². The van der Waals surface area contributed by atoms with Crippen LogP contribution in [-0.2, 0) is 4.79 Å². The van der Waals surface area contributed by atoms with E-state index in [0.29, 0.717) is 21.7 Å². The number of nitrogens with zero attached hydrogens (tertiary/aromatic N) is 4. The Balaban J connectivity index is 1.51. The van der Waals surface area contributed by atoms with Gasteiger partial charge in [-0.2, -0.15) is 0 Å². The average Bonchev–Trinajstić information content (AvgIpc) is 3.40. The topological polar surface area (TPSA) is 52.7 Å². The first kappa shape index (κ1) is 19.9. The van der Waals surface area contributed by atoms with Gasteiger partial charge in [0.1, 0.15) is 11.6 Å². The highest BCUT2D eigenvalue weighted by molar-refractivity contribution is 6.31. The summed E-state index contributed by atoms with van der Waals surface area (Å²) in [7, 11) is 0. The van der Waals surface area contributed by atoms with E-state index < -0.39 is 0 Å². The number of carbonyl (C=O) groups is 1. The van der Waals surface area contributed by atoms with Crippen molar-refractivity contribution in [1.82, 2.24) is 19.1 Å². The minimum absolute atomic E-state index is 0.184. The number of ketones is 1. The molecule has 2 heterocycles. The van der Waals surface area contributed by atoms with Gasteiger partial charge in [0.05, 0.1) is 0 Å². The van der Waals surface area contributed by atoms with Crippen LogP contribution in [-0.4, -0.2) is 24.9 Å². The van der Waals surface area contributed by atoms with Crippen LogP contribution < -0.4 is 0 Å². The maximum absolute atomic E-state index is 12.3. The quantitative estimate of drug-likeness (QED) is 0.367. The van der Waals surface area contributed by atoms with E-state index >= 15 is 0 Å². The molecule has 5 nitrogen and oxygen atoms in total. The Morgan fingerprint density at radius 1 is 0.767 bits per heavy atom. The van der Waals surface area contributed by atoms with Crippen LogP contribution in [0.2, 0.25) is 10.0 Å². The number of allylic oxidation sites excluding steroid dienone is 2. The molecule has 0 fully saturated rings. The molecule has 0 unspecified atom stereocenters. The summed E-state index contributed by atoms with van der Waals surface area (Å²) in [6.07, 6.45) is 13.2. The van der Waals surface area contributed by atoms with Crippen LogP contribution in [0.15, 0.2) is 85.5 Å². The Labute approximate surface area is 183 Å². The Bertz CT molecular complexity index is 1160. The van der Waals surface area contributed by atoms with Gasteiger partial charge in [-0.3, -0.25) is 4.79 Å². The van der Waals surface area contributed by atoms with Crippen molar-refractivity contribution in [1.29, 1.82) is 0 Å². The summed E-state index contributed by atoms with van der Waals surface area (Å²) in [6.45, 7) is 0. The Hall–Kier alpha value is -3.41. The van der Waals surface area contributed by atoms with Crippen molar-refractivity contribution >= 4 is 41.1 Å². The third-order valence-corrected chi connectivity index (χ3v) is 4.78. The van der Waals surface area contributed by atoms with E-state index in [-0.39, 0.29) is 5.78 Å². The number of carbonyl (C=O) groups excluding carboxylic acids is 1. The van der Waals surface area contributed by atoms with Gasteiger partial charge in [-0.15, -0.1) is 0 Å². The molecule has 0 N–H and O–H groups in total. The standard InChI is InChI=1S/C23H16Cl2N4O/c24-17-3-1-5-19(15-17)28-13-11-26-22(28)9-7-21(30)8-10-23-27-12-14-29(23)20-6-2-4-18(25)16-20/h1-16H/b9-7+,10-8+. The molecule has 2 aromatic carbocycles. The normalized spacial score (nSPS) is 11.5. The summed E-state index contributed by atoms with van der Waals surface area (Å²) in [5.41, 5.74) is 1.73. The van der Waals surface area contributed by atoms with E-state index in [0.717, 1.165) is 11.4 Å². The Morgan fingerprint density at radius 2 is 1.23 bits per heavy atom. The smallest absolute Gasteiger partial charge is 0.178 e. The Kier molecular flexibility index (Phi) is 5.93. The maximum atomic E-state index is 12.3. The second kappa shape index (κ2) is 8.95. The summed E-state index contributed by atoms with van der Waals surface area (Å²) in [5.74, 6) is 1.06. The van der Waals surface area contributed by atoms with Gasteiger partial charge in [0.25, 0.3) is 0 Å². The highest BCUT2D eigenvalue weighted by Crippen LogP contribution is 2.18. The van der Waals surface area contributed by atoms with E-state index in [1.165, 1.54) is 12.2 Å². The fraction of sp³-hybridized carbons (Fsp3) is 0. The first-order valence-corrected chi connectivity index (χ1v) is 9.84. The molecular formula is C23H16Cl2N4O. The molecule has 0 saturated carbocycles. The lowest BCUT2D eigenvalue weighted by atomic mass is 10.3. The fourth-order valence-electron chi connectivity index (χ4n) is 2.93. The largest absolute Gasteiger partial charge is 0.300 e. The van der Waals surface area contributed by atoms with E-state index in [1.807, 2.05) is 57.9 Å². The molecule has 30 heavy (non-hydrogen) atoms. The summed E-state index contributed by atoms with van der Waals surface area (Å²) < 4.78 is 3.70. The molecule has 0 radical (unpaired) electrons. The zero-order valence-electron chi connectivity index (χ0n) is 15.7. The summed E-state index contributed by atoms with van der Waals surface area (Å²) >= 11 is 12.1. The van der Waals surface area contributed by atoms with Crippen LogP contribution in [0.5, 0.6) is 0 Å². The molecule has 0 aliphatic carbocycles. The molecule has 0 spiro atoms. The lowest BCUT2D eigenvalue weighted by molar-refractivity contribution is -0.110. The van der Waals surface area contributed by atoms with Gasteiger partial charge in [0, 0.05) is 46.2 Å². The SMILES string of the molecule is O=C(/C=C/c1nccn1-c1cccc(Cl)c1)/C=C/c1nccn1-c1cccc(Cl)c1. The van der Waals surface area contributed by atoms with Gasteiger partial charge in [0.15, 0.2) is 5.78 Å². The van der Waals surface area contributed by atoms with Crippen molar-refractivity contribution in [3.63, 3.8) is 0 Å². The predicted molar refractivity (Wildman–Crippen MR) is 120 cm³/mol. The summed E-state index contributed by atoms with van der Waals surface area (Å²) in [5, 5.41) is 1.26. The number of hydrogen-bond acceptors (Lipinski definition) is 3. The lowest BCUT2D eigenvalue weighted by Gasteiger charge is -2.05. The molecule has 2 aromatic heterocycles. The van der Waals surface area contributed by atoms with Crippen LogP contribution in [0.1, 0.15) is 11.6 Å². The molecule has 4 aromatic rings. The molecule has 0 atom stereocenters. The number of aromatic nitrogens is 4. The van der Waals surface area contributed by atoms with Crippen LogP contribution >= 0.6 is 23.2 Å².